The van der Waals surface area contributed by atoms with E-state index in [1.54, 1.807) is 19.2 Å². The topological polar surface area (TPSA) is 70.2 Å². The fourth-order valence-electron chi connectivity index (χ4n) is 2.86. The first-order chi connectivity index (χ1) is 10.6. The smallest absolute Gasteiger partial charge is 0.238 e. The molecule has 1 fully saturated rings. The summed E-state index contributed by atoms with van der Waals surface area (Å²) in [5, 5.41) is 8.33. The van der Waals surface area contributed by atoms with Crippen LogP contribution in [0.25, 0.3) is 0 Å². The summed E-state index contributed by atoms with van der Waals surface area (Å²) >= 11 is 0. The molecule has 1 saturated carbocycles. The van der Waals surface area contributed by atoms with Crippen molar-refractivity contribution >= 4 is 17.5 Å². The molecular weight excluding hydrogens is 285 g/mol. The third-order valence-corrected chi connectivity index (χ3v) is 4.02. The Labute approximate surface area is 129 Å². The van der Waals surface area contributed by atoms with E-state index < -0.39 is 5.82 Å². The van der Waals surface area contributed by atoms with Crippen molar-refractivity contribution in [3.05, 3.63) is 30.1 Å². The Bertz CT molecular complexity index is 536. The van der Waals surface area contributed by atoms with E-state index in [-0.39, 0.29) is 36.0 Å². The number of para-hydroxylation sites is 1. The lowest BCUT2D eigenvalue weighted by Crippen LogP contribution is -2.47. The van der Waals surface area contributed by atoms with E-state index in [9.17, 15) is 14.0 Å². The first-order valence-electron chi connectivity index (χ1n) is 7.61. The summed E-state index contributed by atoms with van der Waals surface area (Å²) in [6.07, 6.45) is 3.76. The maximum absolute atomic E-state index is 13.5. The maximum atomic E-state index is 13.5. The van der Waals surface area contributed by atoms with Crippen LogP contribution in [0.1, 0.15) is 25.7 Å². The molecule has 0 aliphatic heterocycles. The molecule has 1 aliphatic carbocycles. The number of carbonyl (C=O) groups is 2. The van der Waals surface area contributed by atoms with E-state index in [1.165, 1.54) is 12.1 Å². The van der Waals surface area contributed by atoms with Crippen LogP contribution in [0.4, 0.5) is 10.1 Å². The molecule has 2 rings (SSSR count). The van der Waals surface area contributed by atoms with Gasteiger partial charge in [0.1, 0.15) is 5.82 Å². The minimum atomic E-state index is -0.461. The predicted molar refractivity (Wildman–Crippen MR) is 82.8 cm³/mol. The lowest BCUT2D eigenvalue weighted by Gasteiger charge is -2.30. The SMILES string of the molecule is CNC(=O)C1CCCCC1NCC(=O)Nc1ccccc1F. The standard InChI is InChI=1S/C16H22FN3O2/c1-18-16(22)11-6-2-4-8-13(11)19-10-15(21)20-14-9-5-3-7-12(14)17/h3,5,7,9,11,13,19H,2,4,6,8,10H2,1H3,(H,18,22)(H,20,21). The summed E-state index contributed by atoms with van der Waals surface area (Å²) < 4.78 is 13.5. The van der Waals surface area contributed by atoms with Crippen molar-refractivity contribution in [1.82, 2.24) is 10.6 Å². The van der Waals surface area contributed by atoms with Crippen LogP contribution in [0, 0.1) is 11.7 Å². The number of amides is 2. The molecule has 1 aliphatic rings. The van der Waals surface area contributed by atoms with E-state index in [1.807, 2.05) is 0 Å². The molecule has 0 spiro atoms. The number of anilines is 1. The number of hydrogen-bond acceptors (Lipinski definition) is 3. The lowest BCUT2D eigenvalue weighted by molar-refractivity contribution is -0.126. The van der Waals surface area contributed by atoms with Crippen LogP contribution < -0.4 is 16.0 Å². The first-order valence-corrected chi connectivity index (χ1v) is 7.61. The maximum Gasteiger partial charge on any atom is 0.238 e. The number of nitrogens with one attached hydrogen (secondary N) is 3. The highest BCUT2D eigenvalue weighted by molar-refractivity contribution is 5.92. The molecule has 0 aromatic heterocycles. The summed E-state index contributed by atoms with van der Waals surface area (Å²) in [5.41, 5.74) is 0.167. The van der Waals surface area contributed by atoms with E-state index in [4.69, 9.17) is 0 Å². The highest BCUT2D eigenvalue weighted by Crippen LogP contribution is 2.24. The second-order valence-electron chi connectivity index (χ2n) is 5.52. The van der Waals surface area contributed by atoms with E-state index in [0.29, 0.717) is 0 Å². The van der Waals surface area contributed by atoms with Gasteiger partial charge in [0.25, 0.3) is 0 Å². The van der Waals surface area contributed by atoms with E-state index in [0.717, 1.165) is 25.7 Å². The molecule has 2 atom stereocenters. The molecule has 5 nitrogen and oxygen atoms in total. The average molecular weight is 307 g/mol. The molecule has 0 saturated heterocycles. The van der Waals surface area contributed by atoms with Gasteiger partial charge in [-0.25, -0.2) is 4.39 Å². The Morgan fingerprint density at radius 2 is 1.95 bits per heavy atom. The monoisotopic (exact) mass is 307 g/mol. The second kappa shape index (κ2) is 7.89. The summed E-state index contributed by atoms with van der Waals surface area (Å²) in [5.74, 6) is -0.880. The zero-order valence-corrected chi connectivity index (χ0v) is 12.7. The zero-order valence-electron chi connectivity index (χ0n) is 12.7. The summed E-state index contributed by atoms with van der Waals surface area (Å²) in [6.45, 7) is 0.0620. The van der Waals surface area contributed by atoms with Gasteiger partial charge in [-0.3, -0.25) is 9.59 Å². The molecule has 120 valence electrons. The van der Waals surface area contributed by atoms with Crippen LogP contribution in [-0.4, -0.2) is 31.4 Å². The number of benzene rings is 1. The van der Waals surface area contributed by atoms with Gasteiger partial charge < -0.3 is 16.0 Å². The van der Waals surface area contributed by atoms with Crippen LogP contribution in [0.5, 0.6) is 0 Å². The van der Waals surface area contributed by atoms with Gasteiger partial charge in [-0.1, -0.05) is 25.0 Å². The molecule has 1 aromatic rings. The fraction of sp³-hybridized carbons (Fsp3) is 0.500. The van der Waals surface area contributed by atoms with Crippen LogP contribution in [0.2, 0.25) is 0 Å². The second-order valence-corrected chi connectivity index (χ2v) is 5.52. The Hall–Kier alpha value is -1.95. The van der Waals surface area contributed by atoms with Crippen LogP contribution >= 0.6 is 0 Å². The van der Waals surface area contributed by atoms with Gasteiger partial charge in [-0.2, -0.15) is 0 Å². The quantitative estimate of drug-likeness (QED) is 0.775. The van der Waals surface area contributed by atoms with Crippen molar-refractivity contribution < 1.29 is 14.0 Å². The number of hydrogen-bond donors (Lipinski definition) is 3. The van der Waals surface area contributed by atoms with Crippen LogP contribution in [-0.2, 0) is 9.59 Å². The molecule has 3 N–H and O–H groups in total. The van der Waals surface area contributed by atoms with Crippen LogP contribution in [0.15, 0.2) is 24.3 Å². The normalized spacial score (nSPS) is 21.2. The molecule has 2 amide bonds. The Morgan fingerprint density at radius 1 is 1.23 bits per heavy atom. The Morgan fingerprint density at radius 3 is 2.68 bits per heavy atom. The highest BCUT2D eigenvalue weighted by atomic mass is 19.1. The fourth-order valence-corrected chi connectivity index (χ4v) is 2.86. The van der Waals surface area contributed by atoms with Gasteiger partial charge in [0.2, 0.25) is 11.8 Å². The number of rotatable bonds is 5. The molecule has 0 radical (unpaired) electrons. The third-order valence-electron chi connectivity index (χ3n) is 4.02. The van der Waals surface area contributed by atoms with Crippen molar-refractivity contribution in [3.8, 4) is 0 Å². The molecule has 0 bridgehead atoms. The summed E-state index contributed by atoms with van der Waals surface area (Å²) in [4.78, 5) is 23.8. The first kappa shape index (κ1) is 16.4. The zero-order chi connectivity index (χ0) is 15.9. The molecule has 1 aromatic carbocycles. The largest absolute Gasteiger partial charge is 0.359 e. The van der Waals surface area contributed by atoms with Gasteiger partial charge in [-0.15, -0.1) is 0 Å². The van der Waals surface area contributed by atoms with Crippen molar-refractivity contribution in [2.24, 2.45) is 5.92 Å². The highest BCUT2D eigenvalue weighted by Gasteiger charge is 2.30. The van der Waals surface area contributed by atoms with E-state index in [2.05, 4.69) is 16.0 Å². The summed E-state index contributed by atoms with van der Waals surface area (Å²) in [7, 11) is 1.62. The van der Waals surface area contributed by atoms with Gasteiger partial charge in [0.05, 0.1) is 18.2 Å². The predicted octanol–water partition coefficient (Wildman–Crippen LogP) is 1.66. The molecular formula is C16H22FN3O2. The van der Waals surface area contributed by atoms with Crippen LogP contribution in [0.3, 0.4) is 0 Å². The van der Waals surface area contributed by atoms with Gasteiger partial charge in [-0.05, 0) is 25.0 Å². The minimum Gasteiger partial charge on any atom is -0.359 e. The van der Waals surface area contributed by atoms with Crippen molar-refractivity contribution in [2.45, 2.75) is 31.7 Å². The van der Waals surface area contributed by atoms with Crippen molar-refractivity contribution in [3.63, 3.8) is 0 Å². The molecule has 2 unspecified atom stereocenters. The van der Waals surface area contributed by atoms with Crippen molar-refractivity contribution in [2.75, 3.05) is 18.9 Å². The summed E-state index contributed by atoms with van der Waals surface area (Å²) in [6, 6.07) is 6.03. The van der Waals surface area contributed by atoms with Gasteiger partial charge >= 0.3 is 0 Å². The molecule has 0 heterocycles. The average Bonchev–Trinajstić information content (AvgIpc) is 2.54. The van der Waals surface area contributed by atoms with Crippen molar-refractivity contribution in [1.29, 1.82) is 0 Å². The lowest BCUT2D eigenvalue weighted by atomic mass is 9.84. The third kappa shape index (κ3) is 4.27. The molecule has 6 heteroatoms. The number of carbonyl (C=O) groups excluding carboxylic acids is 2. The number of halogens is 1. The van der Waals surface area contributed by atoms with E-state index >= 15 is 0 Å². The van der Waals surface area contributed by atoms with Gasteiger partial charge in [0.15, 0.2) is 0 Å². The Balaban J connectivity index is 1.87. The Kier molecular flexibility index (Phi) is 5.89. The minimum absolute atomic E-state index is 0.00621. The van der Waals surface area contributed by atoms with Gasteiger partial charge in [0, 0.05) is 13.1 Å². The molecule has 22 heavy (non-hydrogen) atoms.